The molecule has 42 heavy (non-hydrogen) atoms. The minimum absolute atomic E-state index is 0.0924. The van der Waals surface area contributed by atoms with Crippen LogP contribution >= 0.6 is 0 Å². The number of unbranched alkanes of at least 4 members (excludes halogenated alkanes) is 4. The summed E-state index contributed by atoms with van der Waals surface area (Å²) in [5.74, 6) is -0.190. The highest BCUT2D eigenvalue weighted by molar-refractivity contribution is 5.77. The summed E-state index contributed by atoms with van der Waals surface area (Å²) < 4.78 is 51.3. The maximum Gasteiger partial charge on any atom is 0.389 e. The van der Waals surface area contributed by atoms with Gasteiger partial charge >= 0.3 is 17.8 Å². The number of benzene rings is 1. The van der Waals surface area contributed by atoms with E-state index in [-0.39, 0.29) is 38.5 Å². The van der Waals surface area contributed by atoms with Crippen LogP contribution in [0.1, 0.15) is 85.0 Å². The second kappa shape index (κ2) is 16.8. The lowest BCUT2D eigenvalue weighted by molar-refractivity contribution is -0.154. The molecule has 10 nitrogen and oxygen atoms in total. The van der Waals surface area contributed by atoms with E-state index in [4.69, 9.17) is 9.47 Å². The summed E-state index contributed by atoms with van der Waals surface area (Å²) in [6.45, 7) is 5.95. The zero-order valence-electron chi connectivity index (χ0n) is 24.7. The lowest BCUT2D eigenvalue weighted by Gasteiger charge is -2.26. The number of halogens is 3. The standard InChI is InChI=1S/C29H43F3N4O6/c1-4-6-7-8-9-19-35-25(37)24(34-36(27(35)40)20-10-17-29(30,31)32)33-18-11-21-41-22-12-14-23(15-13-22)42-28(3,16-5-2)26(38)39/h12-15H,4-11,16-21H2,1-3H3,(H,33,34)(H,38,39). The van der Waals surface area contributed by atoms with Crippen LogP contribution in [0.15, 0.2) is 33.9 Å². The van der Waals surface area contributed by atoms with Crippen LogP contribution in [0.2, 0.25) is 0 Å². The molecule has 1 aromatic heterocycles. The Morgan fingerprint density at radius 2 is 1.60 bits per heavy atom. The first-order valence-corrected chi connectivity index (χ1v) is 14.6. The van der Waals surface area contributed by atoms with Crippen molar-refractivity contribution in [1.82, 2.24) is 14.3 Å². The summed E-state index contributed by atoms with van der Waals surface area (Å²) in [7, 11) is 0. The third-order valence-electron chi connectivity index (χ3n) is 6.66. The summed E-state index contributed by atoms with van der Waals surface area (Å²) in [5, 5.41) is 16.4. The first-order chi connectivity index (χ1) is 19.9. The number of alkyl halides is 3. The maximum atomic E-state index is 13.0. The molecule has 0 fully saturated rings. The number of hydrogen-bond donors (Lipinski definition) is 2. The Kier molecular flexibility index (Phi) is 13.9. The predicted octanol–water partition coefficient (Wildman–Crippen LogP) is 5.62. The Balaban J connectivity index is 1.98. The van der Waals surface area contributed by atoms with Crippen molar-refractivity contribution in [3.8, 4) is 11.5 Å². The molecule has 236 valence electrons. The molecule has 1 unspecified atom stereocenters. The lowest BCUT2D eigenvalue weighted by atomic mass is 10.0. The van der Waals surface area contributed by atoms with Gasteiger partial charge in [0, 0.05) is 26.1 Å². The fraction of sp³-hybridized carbons (Fsp3) is 0.655. The molecule has 0 radical (unpaired) electrons. The van der Waals surface area contributed by atoms with Crippen LogP contribution in [0, 0.1) is 0 Å². The van der Waals surface area contributed by atoms with Gasteiger partial charge in [-0.05, 0) is 56.9 Å². The molecule has 1 aromatic carbocycles. The van der Waals surface area contributed by atoms with Gasteiger partial charge in [-0.25, -0.2) is 14.3 Å². The molecule has 0 aliphatic heterocycles. The largest absolute Gasteiger partial charge is 0.494 e. The number of hydrogen-bond acceptors (Lipinski definition) is 7. The minimum atomic E-state index is -4.35. The second-order valence-electron chi connectivity index (χ2n) is 10.4. The Morgan fingerprint density at radius 1 is 0.929 bits per heavy atom. The van der Waals surface area contributed by atoms with Gasteiger partial charge in [-0.15, -0.1) is 5.10 Å². The van der Waals surface area contributed by atoms with Gasteiger partial charge in [0.2, 0.25) is 11.4 Å². The van der Waals surface area contributed by atoms with Crippen LogP contribution in [-0.4, -0.2) is 50.4 Å². The van der Waals surface area contributed by atoms with Crippen LogP contribution in [-0.2, 0) is 17.9 Å². The summed E-state index contributed by atoms with van der Waals surface area (Å²) in [6, 6.07) is 6.57. The molecule has 1 atom stereocenters. The van der Waals surface area contributed by atoms with Crippen molar-refractivity contribution < 1.29 is 32.5 Å². The van der Waals surface area contributed by atoms with Crippen molar-refractivity contribution in [1.29, 1.82) is 0 Å². The Morgan fingerprint density at radius 3 is 2.21 bits per heavy atom. The summed E-state index contributed by atoms with van der Waals surface area (Å²) in [5.41, 5.74) is -2.64. The van der Waals surface area contributed by atoms with Crippen LogP contribution < -0.4 is 26.0 Å². The van der Waals surface area contributed by atoms with Crippen molar-refractivity contribution in [2.24, 2.45) is 0 Å². The van der Waals surface area contributed by atoms with Crippen molar-refractivity contribution in [2.75, 3.05) is 18.5 Å². The Hall–Kier alpha value is -3.51. The molecule has 2 N–H and O–H groups in total. The first-order valence-electron chi connectivity index (χ1n) is 14.6. The third-order valence-corrected chi connectivity index (χ3v) is 6.66. The minimum Gasteiger partial charge on any atom is -0.494 e. The molecule has 2 aromatic rings. The number of carboxylic acid groups (broad SMARTS) is 1. The summed E-state index contributed by atoms with van der Waals surface area (Å²) in [4.78, 5) is 37.4. The van der Waals surface area contributed by atoms with E-state index in [1.54, 1.807) is 24.3 Å². The van der Waals surface area contributed by atoms with Crippen LogP contribution in [0.5, 0.6) is 11.5 Å². The predicted molar refractivity (Wildman–Crippen MR) is 153 cm³/mol. The smallest absolute Gasteiger partial charge is 0.389 e. The van der Waals surface area contributed by atoms with E-state index < -0.39 is 35.4 Å². The van der Waals surface area contributed by atoms with E-state index in [0.29, 0.717) is 37.2 Å². The fourth-order valence-electron chi connectivity index (χ4n) is 4.33. The van der Waals surface area contributed by atoms with Gasteiger partial charge in [-0.1, -0.05) is 46.0 Å². The topological polar surface area (TPSA) is 125 Å². The molecular formula is C29H43F3N4O6. The van der Waals surface area contributed by atoms with Gasteiger partial charge in [0.15, 0.2) is 0 Å². The number of carboxylic acids is 1. The number of ether oxygens (including phenoxy) is 2. The first kappa shape index (κ1) is 34.7. The maximum absolute atomic E-state index is 13.0. The van der Waals surface area contributed by atoms with Gasteiger partial charge < -0.3 is 19.9 Å². The average Bonchev–Trinajstić information content (AvgIpc) is 2.92. The summed E-state index contributed by atoms with van der Waals surface area (Å²) in [6.07, 6.45) is 0.241. The molecular weight excluding hydrogens is 557 g/mol. The van der Waals surface area contributed by atoms with E-state index >= 15 is 0 Å². The quantitative estimate of drug-likeness (QED) is 0.188. The molecule has 0 aliphatic rings. The van der Waals surface area contributed by atoms with Crippen LogP contribution in [0.25, 0.3) is 0 Å². The molecule has 1 heterocycles. The normalized spacial score (nSPS) is 13.0. The SMILES string of the molecule is CCCCCCCn1c(=O)c(NCCCOc2ccc(OC(C)(CCC)C(=O)O)cc2)nn(CCCC(F)(F)F)c1=O. The molecule has 0 spiro atoms. The highest BCUT2D eigenvalue weighted by atomic mass is 19.4. The third kappa shape index (κ3) is 11.4. The average molecular weight is 601 g/mol. The molecule has 0 bridgehead atoms. The zero-order chi connectivity index (χ0) is 31.2. The molecule has 0 aliphatic carbocycles. The van der Waals surface area contributed by atoms with Gasteiger partial charge in [0.1, 0.15) is 11.5 Å². The van der Waals surface area contributed by atoms with Gasteiger partial charge in [-0.3, -0.25) is 9.36 Å². The molecule has 0 amide bonds. The number of rotatable bonds is 20. The molecule has 0 saturated carbocycles. The van der Waals surface area contributed by atoms with E-state index in [2.05, 4.69) is 17.3 Å². The van der Waals surface area contributed by atoms with Gasteiger partial charge in [0.25, 0.3) is 5.56 Å². The Bertz CT molecular complexity index is 1230. The molecule has 13 heteroatoms. The van der Waals surface area contributed by atoms with Crippen molar-refractivity contribution in [3.05, 3.63) is 45.1 Å². The van der Waals surface area contributed by atoms with E-state index in [9.17, 15) is 32.7 Å². The number of nitrogens with one attached hydrogen (secondary N) is 1. The number of aryl methyl sites for hydroxylation is 1. The van der Waals surface area contributed by atoms with Crippen molar-refractivity contribution in [3.63, 3.8) is 0 Å². The highest BCUT2D eigenvalue weighted by Gasteiger charge is 2.34. The number of aliphatic carboxylic acids is 1. The lowest BCUT2D eigenvalue weighted by Crippen LogP contribution is -2.43. The molecule has 0 saturated heterocycles. The number of anilines is 1. The number of nitrogens with zero attached hydrogens (tertiary/aromatic N) is 3. The van der Waals surface area contributed by atoms with Gasteiger partial charge in [0.05, 0.1) is 6.61 Å². The van der Waals surface area contributed by atoms with Crippen LogP contribution in [0.3, 0.4) is 0 Å². The van der Waals surface area contributed by atoms with E-state index in [0.717, 1.165) is 34.9 Å². The second-order valence-corrected chi connectivity index (χ2v) is 10.4. The highest BCUT2D eigenvalue weighted by Crippen LogP contribution is 2.25. The van der Waals surface area contributed by atoms with E-state index in [1.807, 2.05) is 6.92 Å². The zero-order valence-corrected chi connectivity index (χ0v) is 24.7. The van der Waals surface area contributed by atoms with Crippen molar-refractivity contribution >= 4 is 11.8 Å². The molecule has 2 rings (SSSR count). The van der Waals surface area contributed by atoms with Crippen LogP contribution in [0.4, 0.5) is 19.0 Å². The summed E-state index contributed by atoms with van der Waals surface area (Å²) >= 11 is 0. The van der Waals surface area contributed by atoms with E-state index in [1.165, 1.54) is 6.92 Å². The number of aromatic nitrogens is 3. The monoisotopic (exact) mass is 600 g/mol. The van der Waals surface area contributed by atoms with Crippen molar-refractivity contribution in [2.45, 2.75) is 110 Å². The fourth-order valence-corrected chi connectivity index (χ4v) is 4.33. The Labute approximate surface area is 243 Å². The van der Waals surface area contributed by atoms with Gasteiger partial charge in [-0.2, -0.15) is 13.2 Å². The number of carbonyl (C=O) groups is 1.